The van der Waals surface area contributed by atoms with Gasteiger partial charge in [0.25, 0.3) is 0 Å². The zero-order chi connectivity index (χ0) is 13.5. The molecule has 0 aliphatic rings. The van der Waals surface area contributed by atoms with Crippen molar-refractivity contribution in [1.29, 1.82) is 0 Å². The molecule has 0 aromatic rings. The summed E-state index contributed by atoms with van der Waals surface area (Å²) in [7, 11) is 0. The molecule has 0 spiro atoms. The maximum absolute atomic E-state index is 11.0. The lowest BCUT2D eigenvalue weighted by Gasteiger charge is -2.09. The molecule has 0 heterocycles. The average molecular weight is 253 g/mol. The highest BCUT2D eigenvalue weighted by Crippen LogP contribution is 2.17. The van der Waals surface area contributed by atoms with Crippen LogP contribution in [0.4, 0.5) is 0 Å². The molecule has 0 saturated heterocycles. The van der Waals surface area contributed by atoms with Gasteiger partial charge in [0.05, 0.1) is 0 Å². The molecule has 0 aliphatic heterocycles. The smallest absolute Gasteiger partial charge is 0.123 e. The Balaban J connectivity index is 3.30. The first kappa shape index (κ1) is 17.7. The number of rotatable bonds is 14. The lowest BCUT2D eigenvalue weighted by atomic mass is 9.95. The van der Waals surface area contributed by atoms with Crippen LogP contribution in [0, 0.1) is 12.8 Å². The predicted molar refractivity (Wildman–Crippen MR) is 80.6 cm³/mol. The molecule has 18 heavy (non-hydrogen) atoms. The summed E-state index contributed by atoms with van der Waals surface area (Å²) in [5, 5.41) is 0. The number of hydrogen-bond donors (Lipinski definition) is 0. The van der Waals surface area contributed by atoms with Crippen molar-refractivity contribution in [3.8, 4) is 0 Å². The van der Waals surface area contributed by atoms with E-state index < -0.39 is 0 Å². The van der Waals surface area contributed by atoms with Crippen LogP contribution in [-0.4, -0.2) is 6.29 Å². The standard InChI is InChI=1S/C17H33O/c1-3-5-7-9-10-11-13-15-17(16-18)14-12-8-6-4-2/h16-17H,1,3-15H2,2H3. The van der Waals surface area contributed by atoms with E-state index in [0.717, 1.165) is 19.3 Å². The van der Waals surface area contributed by atoms with Gasteiger partial charge in [-0.25, -0.2) is 0 Å². The number of aldehydes is 1. The van der Waals surface area contributed by atoms with Crippen molar-refractivity contribution in [3.63, 3.8) is 0 Å². The summed E-state index contributed by atoms with van der Waals surface area (Å²) in [6.45, 7) is 6.08. The summed E-state index contributed by atoms with van der Waals surface area (Å²) in [6, 6.07) is 0. The van der Waals surface area contributed by atoms with Crippen LogP contribution in [0.1, 0.15) is 90.4 Å². The van der Waals surface area contributed by atoms with Crippen LogP contribution < -0.4 is 0 Å². The third-order valence-corrected chi connectivity index (χ3v) is 3.70. The summed E-state index contributed by atoms with van der Waals surface area (Å²) < 4.78 is 0. The Morgan fingerprint density at radius 1 is 0.833 bits per heavy atom. The van der Waals surface area contributed by atoms with Crippen molar-refractivity contribution in [2.75, 3.05) is 0 Å². The topological polar surface area (TPSA) is 17.1 Å². The third-order valence-electron chi connectivity index (χ3n) is 3.70. The minimum Gasteiger partial charge on any atom is -0.303 e. The van der Waals surface area contributed by atoms with Gasteiger partial charge in [0.1, 0.15) is 6.29 Å². The van der Waals surface area contributed by atoms with Crippen LogP contribution in [0.25, 0.3) is 0 Å². The van der Waals surface area contributed by atoms with Crippen LogP contribution in [0.15, 0.2) is 0 Å². The van der Waals surface area contributed by atoms with Gasteiger partial charge in [0.15, 0.2) is 0 Å². The maximum Gasteiger partial charge on any atom is 0.123 e. The van der Waals surface area contributed by atoms with Crippen molar-refractivity contribution in [1.82, 2.24) is 0 Å². The molecule has 0 fully saturated rings. The van der Waals surface area contributed by atoms with Crippen LogP contribution in [0.5, 0.6) is 0 Å². The quantitative estimate of drug-likeness (QED) is 0.285. The van der Waals surface area contributed by atoms with E-state index in [4.69, 9.17) is 0 Å². The second-order valence-electron chi connectivity index (χ2n) is 5.51. The van der Waals surface area contributed by atoms with E-state index in [1.807, 2.05) is 0 Å². The predicted octanol–water partition coefficient (Wildman–Crippen LogP) is 5.73. The van der Waals surface area contributed by atoms with Gasteiger partial charge in [-0.05, 0) is 12.8 Å². The minimum absolute atomic E-state index is 0.335. The molecular weight excluding hydrogens is 220 g/mol. The minimum atomic E-state index is 0.335. The molecule has 0 aromatic carbocycles. The maximum atomic E-state index is 11.0. The van der Waals surface area contributed by atoms with Crippen molar-refractivity contribution < 1.29 is 4.79 Å². The van der Waals surface area contributed by atoms with E-state index in [1.165, 1.54) is 70.5 Å². The molecule has 0 saturated carbocycles. The summed E-state index contributed by atoms with van der Waals surface area (Å²) >= 11 is 0. The molecule has 1 unspecified atom stereocenters. The molecule has 107 valence electrons. The fourth-order valence-corrected chi connectivity index (χ4v) is 2.40. The lowest BCUT2D eigenvalue weighted by molar-refractivity contribution is -0.111. The van der Waals surface area contributed by atoms with Gasteiger partial charge in [-0.3, -0.25) is 0 Å². The average Bonchev–Trinajstić information content (AvgIpc) is 2.40. The highest BCUT2D eigenvalue weighted by molar-refractivity contribution is 5.53. The lowest BCUT2D eigenvalue weighted by Crippen LogP contribution is -2.02. The summed E-state index contributed by atoms with van der Waals surface area (Å²) in [4.78, 5) is 11.0. The molecule has 1 heteroatoms. The van der Waals surface area contributed by atoms with E-state index in [0.29, 0.717) is 5.92 Å². The van der Waals surface area contributed by atoms with Crippen LogP contribution in [0.2, 0.25) is 0 Å². The normalized spacial score (nSPS) is 12.6. The SMILES string of the molecule is [CH2]CCCCCCCCC(C=O)CCCCCC. The number of unbranched alkanes of at least 4 members (excludes halogenated alkanes) is 9. The Kier molecular flexibility index (Phi) is 14.5. The first-order valence-electron chi connectivity index (χ1n) is 8.09. The Labute approximate surface area is 115 Å². The number of hydrogen-bond acceptors (Lipinski definition) is 1. The highest BCUT2D eigenvalue weighted by atomic mass is 16.1. The van der Waals surface area contributed by atoms with E-state index >= 15 is 0 Å². The molecule has 0 rings (SSSR count). The van der Waals surface area contributed by atoms with Crippen LogP contribution in [-0.2, 0) is 4.79 Å². The molecule has 1 nitrogen and oxygen atoms in total. The second kappa shape index (κ2) is 14.7. The van der Waals surface area contributed by atoms with Gasteiger partial charge in [0, 0.05) is 5.92 Å². The Morgan fingerprint density at radius 2 is 1.33 bits per heavy atom. The van der Waals surface area contributed by atoms with Gasteiger partial charge < -0.3 is 4.79 Å². The Hall–Kier alpha value is -0.330. The highest BCUT2D eigenvalue weighted by Gasteiger charge is 2.06. The molecular formula is C17H33O. The molecule has 0 aliphatic carbocycles. The van der Waals surface area contributed by atoms with Crippen molar-refractivity contribution in [2.24, 2.45) is 5.92 Å². The van der Waals surface area contributed by atoms with Crippen molar-refractivity contribution in [3.05, 3.63) is 6.92 Å². The van der Waals surface area contributed by atoms with E-state index in [2.05, 4.69) is 13.8 Å². The fraction of sp³-hybridized carbons (Fsp3) is 0.882. The molecule has 1 radical (unpaired) electrons. The first-order valence-corrected chi connectivity index (χ1v) is 8.09. The largest absolute Gasteiger partial charge is 0.303 e. The van der Waals surface area contributed by atoms with Gasteiger partial charge in [-0.15, -0.1) is 0 Å². The third kappa shape index (κ3) is 12.1. The van der Waals surface area contributed by atoms with Crippen LogP contribution in [0.3, 0.4) is 0 Å². The van der Waals surface area contributed by atoms with Gasteiger partial charge >= 0.3 is 0 Å². The van der Waals surface area contributed by atoms with Gasteiger partial charge in [-0.1, -0.05) is 84.5 Å². The second-order valence-corrected chi connectivity index (χ2v) is 5.51. The number of carbonyl (C=O) groups is 1. The monoisotopic (exact) mass is 253 g/mol. The van der Waals surface area contributed by atoms with E-state index in [9.17, 15) is 4.79 Å². The molecule has 0 bridgehead atoms. The van der Waals surface area contributed by atoms with Crippen molar-refractivity contribution in [2.45, 2.75) is 90.4 Å². The van der Waals surface area contributed by atoms with Gasteiger partial charge in [-0.2, -0.15) is 0 Å². The van der Waals surface area contributed by atoms with Crippen molar-refractivity contribution >= 4 is 6.29 Å². The molecule has 1 atom stereocenters. The fourth-order valence-electron chi connectivity index (χ4n) is 2.40. The molecule has 0 aromatic heterocycles. The van der Waals surface area contributed by atoms with Crippen LogP contribution >= 0.6 is 0 Å². The summed E-state index contributed by atoms with van der Waals surface area (Å²) in [5.74, 6) is 0.335. The first-order chi connectivity index (χ1) is 8.85. The summed E-state index contributed by atoms with van der Waals surface area (Å²) in [5.41, 5.74) is 0. The van der Waals surface area contributed by atoms with E-state index in [-0.39, 0.29) is 0 Å². The molecule has 0 amide bonds. The molecule has 0 N–H and O–H groups in total. The summed E-state index contributed by atoms with van der Waals surface area (Å²) in [6.07, 6.45) is 17.4. The Morgan fingerprint density at radius 3 is 1.83 bits per heavy atom. The van der Waals surface area contributed by atoms with E-state index in [1.54, 1.807) is 0 Å². The number of carbonyl (C=O) groups excluding carboxylic acids is 1. The Bertz CT molecular complexity index is 165. The zero-order valence-electron chi connectivity index (χ0n) is 12.5. The zero-order valence-corrected chi connectivity index (χ0v) is 12.5. The van der Waals surface area contributed by atoms with Gasteiger partial charge in [0.2, 0.25) is 0 Å².